The molecule has 1 aliphatic heterocycles. The van der Waals surface area contributed by atoms with Gasteiger partial charge in [-0.2, -0.15) is 0 Å². The van der Waals surface area contributed by atoms with Gasteiger partial charge in [-0.1, -0.05) is 5.16 Å². The van der Waals surface area contributed by atoms with Gasteiger partial charge in [0.2, 0.25) is 0 Å². The van der Waals surface area contributed by atoms with E-state index in [-0.39, 0.29) is 5.84 Å². The standard InChI is InChI=1S/C13H21N5O/c1-9-8-10(2)15-13(11(9)12(14)16-19)18-6-4-17(3)5-7-18/h8,19H,4-7H2,1-3H3,(H2,14,16). The van der Waals surface area contributed by atoms with Crippen LogP contribution < -0.4 is 10.6 Å². The molecule has 0 saturated carbocycles. The van der Waals surface area contributed by atoms with Crippen molar-refractivity contribution >= 4 is 11.7 Å². The molecule has 0 aliphatic carbocycles. The number of aryl methyl sites for hydroxylation is 2. The summed E-state index contributed by atoms with van der Waals surface area (Å²) in [5.41, 5.74) is 8.47. The molecule has 1 fully saturated rings. The number of oxime groups is 1. The highest BCUT2D eigenvalue weighted by molar-refractivity contribution is 6.02. The molecule has 0 unspecified atom stereocenters. The van der Waals surface area contributed by atoms with E-state index in [0.29, 0.717) is 0 Å². The van der Waals surface area contributed by atoms with E-state index in [2.05, 4.69) is 27.0 Å². The van der Waals surface area contributed by atoms with Crippen molar-refractivity contribution < 1.29 is 5.21 Å². The third-order valence-corrected chi connectivity index (χ3v) is 3.49. The third kappa shape index (κ3) is 2.78. The molecular formula is C13H21N5O. The van der Waals surface area contributed by atoms with E-state index in [1.54, 1.807) is 0 Å². The van der Waals surface area contributed by atoms with E-state index in [0.717, 1.165) is 48.8 Å². The quantitative estimate of drug-likeness (QED) is 0.352. The van der Waals surface area contributed by atoms with Crippen molar-refractivity contribution in [1.29, 1.82) is 0 Å². The molecule has 2 heterocycles. The lowest BCUT2D eigenvalue weighted by Crippen LogP contribution is -2.45. The van der Waals surface area contributed by atoms with Crippen molar-refractivity contribution in [2.75, 3.05) is 38.1 Å². The molecule has 0 atom stereocenters. The predicted molar refractivity (Wildman–Crippen MR) is 75.9 cm³/mol. The molecular weight excluding hydrogens is 242 g/mol. The maximum absolute atomic E-state index is 8.96. The van der Waals surface area contributed by atoms with Crippen LogP contribution in [-0.4, -0.2) is 54.2 Å². The summed E-state index contributed by atoms with van der Waals surface area (Å²) in [5.74, 6) is 0.944. The van der Waals surface area contributed by atoms with Gasteiger partial charge >= 0.3 is 0 Å². The summed E-state index contributed by atoms with van der Waals surface area (Å²) in [6, 6.07) is 1.95. The first-order valence-electron chi connectivity index (χ1n) is 6.42. The molecule has 0 bridgehead atoms. The number of piperazine rings is 1. The molecule has 2 rings (SSSR count). The fourth-order valence-corrected chi connectivity index (χ4v) is 2.43. The van der Waals surface area contributed by atoms with Gasteiger partial charge in [-0.05, 0) is 32.5 Å². The predicted octanol–water partition coefficient (Wildman–Crippen LogP) is 0.545. The number of amidine groups is 1. The average Bonchev–Trinajstić information content (AvgIpc) is 2.38. The molecule has 19 heavy (non-hydrogen) atoms. The smallest absolute Gasteiger partial charge is 0.174 e. The minimum Gasteiger partial charge on any atom is -0.409 e. The van der Waals surface area contributed by atoms with E-state index in [1.807, 2.05) is 19.9 Å². The Morgan fingerprint density at radius 3 is 2.53 bits per heavy atom. The molecule has 104 valence electrons. The highest BCUT2D eigenvalue weighted by atomic mass is 16.4. The van der Waals surface area contributed by atoms with Gasteiger partial charge in [-0.15, -0.1) is 0 Å². The molecule has 1 saturated heterocycles. The minimum atomic E-state index is 0.124. The summed E-state index contributed by atoms with van der Waals surface area (Å²) in [6.07, 6.45) is 0. The van der Waals surface area contributed by atoms with Crippen LogP contribution in [0, 0.1) is 13.8 Å². The SMILES string of the molecule is Cc1cc(C)c(/C(N)=N/O)c(N2CCN(C)CC2)n1. The van der Waals surface area contributed by atoms with Crippen LogP contribution in [-0.2, 0) is 0 Å². The summed E-state index contributed by atoms with van der Waals surface area (Å²) in [6.45, 7) is 7.70. The molecule has 0 aromatic carbocycles. The first-order chi connectivity index (χ1) is 9.02. The van der Waals surface area contributed by atoms with Crippen molar-refractivity contribution in [3.05, 3.63) is 22.9 Å². The second kappa shape index (κ2) is 5.44. The molecule has 3 N–H and O–H groups in total. The van der Waals surface area contributed by atoms with Gasteiger partial charge < -0.3 is 20.7 Å². The Morgan fingerprint density at radius 1 is 1.32 bits per heavy atom. The van der Waals surface area contributed by atoms with Gasteiger partial charge in [0, 0.05) is 31.9 Å². The number of nitrogens with two attached hydrogens (primary N) is 1. The van der Waals surface area contributed by atoms with Crippen molar-refractivity contribution in [2.24, 2.45) is 10.9 Å². The first kappa shape index (κ1) is 13.6. The van der Waals surface area contributed by atoms with Gasteiger partial charge in [0.15, 0.2) is 5.84 Å². The van der Waals surface area contributed by atoms with Crippen LogP contribution >= 0.6 is 0 Å². The molecule has 0 amide bonds. The third-order valence-electron chi connectivity index (χ3n) is 3.49. The molecule has 1 aromatic rings. The number of anilines is 1. The van der Waals surface area contributed by atoms with Gasteiger partial charge in [0.25, 0.3) is 0 Å². The Kier molecular flexibility index (Phi) is 3.90. The maximum Gasteiger partial charge on any atom is 0.174 e. The van der Waals surface area contributed by atoms with Crippen LogP contribution in [0.4, 0.5) is 5.82 Å². The fraction of sp³-hybridized carbons (Fsp3) is 0.538. The zero-order valence-electron chi connectivity index (χ0n) is 11.7. The van der Waals surface area contributed by atoms with Crippen molar-refractivity contribution in [2.45, 2.75) is 13.8 Å². The zero-order valence-corrected chi connectivity index (χ0v) is 11.7. The van der Waals surface area contributed by atoms with Gasteiger partial charge in [0.1, 0.15) is 5.82 Å². The highest BCUT2D eigenvalue weighted by Gasteiger charge is 2.21. The molecule has 1 aliphatic rings. The van der Waals surface area contributed by atoms with Crippen LogP contribution in [0.25, 0.3) is 0 Å². The van der Waals surface area contributed by atoms with Crippen LogP contribution in [0.2, 0.25) is 0 Å². The lowest BCUT2D eigenvalue weighted by Gasteiger charge is -2.34. The topological polar surface area (TPSA) is 78.0 Å². The number of hydrogen-bond donors (Lipinski definition) is 2. The summed E-state index contributed by atoms with van der Waals surface area (Å²) in [5, 5.41) is 12.1. The Morgan fingerprint density at radius 2 is 1.95 bits per heavy atom. The van der Waals surface area contributed by atoms with Crippen molar-refractivity contribution in [3.8, 4) is 0 Å². The molecule has 0 spiro atoms. The van der Waals surface area contributed by atoms with E-state index in [1.165, 1.54) is 0 Å². The van der Waals surface area contributed by atoms with Crippen LogP contribution in [0.3, 0.4) is 0 Å². The normalized spacial score (nSPS) is 17.8. The number of pyridine rings is 1. The van der Waals surface area contributed by atoms with Crippen LogP contribution in [0.15, 0.2) is 11.2 Å². The van der Waals surface area contributed by atoms with Gasteiger partial charge in [-0.3, -0.25) is 0 Å². The maximum atomic E-state index is 8.96. The Hall–Kier alpha value is -1.82. The van der Waals surface area contributed by atoms with Crippen molar-refractivity contribution in [3.63, 3.8) is 0 Å². The molecule has 6 nitrogen and oxygen atoms in total. The van der Waals surface area contributed by atoms with Crippen LogP contribution in [0.1, 0.15) is 16.8 Å². The highest BCUT2D eigenvalue weighted by Crippen LogP contribution is 2.23. The van der Waals surface area contributed by atoms with E-state index in [4.69, 9.17) is 10.9 Å². The number of nitrogens with zero attached hydrogens (tertiary/aromatic N) is 4. The average molecular weight is 263 g/mol. The molecule has 0 radical (unpaired) electrons. The van der Waals surface area contributed by atoms with Crippen molar-refractivity contribution in [1.82, 2.24) is 9.88 Å². The Bertz CT molecular complexity index is 492. The summed E-state index contributed by atoms with van der Waals surface area (Å²) in [7, 11) is 2.11. The minimum absolute atomic E-state index is 0.124. The number of likely N-dealkylation sites (N-methyl/N-ethyl adjacent to an activating group) is 1. The Balaban J connectivity index is 2.43. The summed E-state index contributed by atoms with van der Waals surface area (Å²) in [4.78, 5) is 9.07. The second-order valence-corrected chi connectivity index (χ2v) is 5.05. The van der Waals surface area contributed by atoms with Gasteiger partial charge in [-0.25, -0.2) is 4.98 Å². The monoisotopic (exact) mass is 263 g/mol. The van der Waals surface area contributed by atoms with E-state index in [9.17, 15) is 0 Å². The van der Waals surface area contributed by atoms with E-state index < -0.39 is 0 Å². The van der Waals surface area contributed by atoms with Crippen LogP contribution in [0.5, 0.6) is 0 Å². The number of aromatic nitrogens is 1. The largest absolute Gasteiger partial charge is 0.409 e. The zero-order chi connectivity index (χ0) is 14.0. The lowest BCUT2D eigenvalue weighted by atomic mass is 10.1. The summed E-state index contributed by atoms with van der Waals surface area (Å²) >= 11 is 0. The first-order valence-corrected chi connectivity index (χ1v) is 6.42. The Labute approximate surface area is 113 Å². The second-order valence-electron chi connectivity index (χ2n) is 5.05. The van der Waals surface area contributed by atoms with E-state index >= 15 is 0 Å². The summed E-state index contributed by atoms with van der Waals surface area (Å²) < 4.78 is 0. The molecule has 1 aromatic heterocycles. The lowest BCUT2D eigenvalue weighted by molar-refractivity contribution is 0.311. The number of rotatable bonds is 2. The number of hydrogen-bond acceptors (Lipinski definition) is 5. The molecule has 6 heteroatoms. The van der Waals surface area contributed by atoms with Gasteiger partial charge in [0.05, 0.1) is 5.56 Å². The fourth-order valence-electron chi connectivity index (χ4n) is 2.43.